The minimum Gasteiger partial charge on any atom is -0.379 e. The molecule has 0 amide bonds. The molecule has 102 valence electrons. The van der Waals surface area contributed by atoms with Crippen molar-refractivity contribution < 1.29 is 4.74 Å². The fraction of sp³-hybridized carbons (Fsp3) is 0.357. The molecule has 0 unspecified atom stereocenters. The smallest absolute Gasteiger partial charge is 0.139 e. The fourth-order valence-electron chi connectivity index (χ4n) is 2.61. The minimum atomic E-state index is 0.748. The van der Waals surface area contributed by atoms with E-state index in [0.717, 1.165) is 54.9 Å². The second-order valence-electron chi connectivity index (χ2n) is 4.97. The number of morpholine rings is 1. The first-order chi connectivity index (χ1) is 9.92. The van der Waals surface area contributed by atoms with Crippen molar-refractivity contribution in [3.8, 4) is 0 Å². The van der Waals surface area contributed by atoms with E-state index in [-0.39, 0.29) is 0 Å². The van der Waals surface area contributed by atoms with E-state index in [1.54, 1.807) is 6.20 Å². The summed E-state index contributed by atoms with van der Waals surface area (Å²) in [4.78, 5) is 6.74. The summed E-state index contributed by atoms with van der Waals surface area (Å²) in [5.74, 6) is 0. The second-order valence-corrected chi connectivity index (χ2v) is 4.97. The number of nitrogens with zero attached hydrogens (tertiary/aromatic N) is 5. The van der Waals surface area contributed by atoms with E-state index in [4.69, 9.17) is 4.74 Å². The predicted octanol–water partition coefficient (Wildman–Crippen LogP) is 1.27. The SMILES string of the molecule is c1cnc2c(c1)ccc1c2nnn1CN1CCOCC1. The van der Waals surface area contributed by atoms with E-state index in [0.29, 0.717) is 0 Å². The van der Waals surface area contributed by atoms with Crippen molar-refractivity contribution in [3.05, 3.63) is 30.5 Å². The van der Waals surface area contributed by atoms with Gasteiger partial charge < -0.3 is 4.74 Å². The van der Waals surface area contributed by atoms with Gasteiger partial charge in [-0.15, -0.1) is 5.10 Å². The summed E-state index contributed by atoms with van der Waals surface area (Å²) in [6.45, 7) is 4.20. The summed E-state index contributed by atoms with van der Waals surface area (Å²) < 4.78 is 7.31. The first-order valence-electron chi connectivity index (χ1n) is 6.79. The highest BCUT2D eigenvalue weighted by Gasteiger charge is 2.14. The van der Waals surface area contributed by atoms with Gasteiger partial charge >= 0.3 is 0 Å². The molecule has 3 heterocycles. The fourth-order valence-corrected chi connectivity index (χ4v) is 2.61. The average Bonchev–Trinajstić information content (AvgIpc) is 2.92. The molecule has 0 saturated carbocycles. The number of rotatable bonds is 2. The maximum atomic E-state index is 5.37. The summed E-state index contributed by atoms with van der Waals surface area (Å²) in [6, 6.07) is 8.12. The van der Waals surface area contributed by atoms with E-state index in [9.17, 15) is 0 Å². The van der Waals surface area contributed by atoms with Crippen LogP contribution in [0.3, 0.4) is 0 Å². The van der Waals surface area contributed by atoms with Crippen molar-refractivity contribution in [1.29, 1.82) is 0 Å². The number of hydrogen-bond acceptors (Lipinski definition) is 5. The molecule has 3 aromatic rings. The lowest BCUT2D eigenvalue weighted by Crippen LogP contribution is -2.37. The number of fused-ring (bicyclic) bond motifs is 3. The zero-order valence-corrected chi connectivity index (χ0v) is 11.1. The standard InChI is InChI=1S/C14H15N5O/c1-2-11-3-4-12-14(13(11)15-5-1)16-17-19(12)10-18-6-8-20-9-7-18/h1-5H,6-10H2. The molecule has 0 aliphatic carbocycles. The third-order valence-corrected chi connectivity index (χ3v) is 3.70. The van der Waals surface area contributed by atoms with Crippen LogP contribution in [0.25, 0.3) is 21.9 Å². The molecular formula is C14H15N5O. The number of ether oxygens (including phenoxy) is 1. The summed E-state index contributed by atoms with van der Waals surface area (Å²) in [5, 5.41) is 9.68. The predicted molar refractivity (Wildman–Crippen MR) is 75.2 cm³/mol. The van der Waals surface area contributed by atoms with Gasteiger partial charge in [0.15, 0.2) is 0 Å². The monoisotopic (exact) mass is 269 g/mol. The molecule has 0 atom stereocenters. The highest BCUT2D eigenvalue weighted by Crippen LogP contribution is 2.21. The maximum Gasteiger partial charge on any atom is 0.139 e. The zero-order chi connectivity index (χ0) is 13.4. The van der Waals surface area contributed by atoms with Crippen LogP contribution in [0.5, 0.6) is 0 Å². The van der Waals surface area contributed by atoms with Crippen LogP contribution in [0.4, 0.5) is 0 Å². The van der Waals surface area contributed by atoms with Crippen LogP contribution in [0.1, 0.15) is 0 Å². The van der Waals surface area contributed by atoms with Gasteiger partial charge in [-0.1, -0.05) is 17.3 Å². The highest BCUT2D eigenvalue weighted by molar-refractivity contribution is 6.00. The molecule has 1 saturated heterocycles. The molecule has 1 aromatic carbocycles. The van der Waals surface area contributed by atoms with Crippen LogP contribution in [-0.4, -0.2) is 51.2 Å². The van der Waals surface area contributed by atoms with E-state index in [2.05, 4.69) is 32.3 Å². The largest absolute Gasteiger partial charge is 0.379 e. The number of pyridine rings is 1. The molecule has 20 heavy (non-hydrogen) atoms. The lowest BCUT2D eigenvalue weighted by atomic mass is 10.2. The first-order valence-corrected chi connectivity index (χ1v) is 6.79. The van der Waals surface area contributed by atoms with Crippen molar-refractivity contribution in [3.63, 3.8) is 0 Å². The summed E-state index contributed by atoms with van der Waals surface area (Å²) in [7, 11) is 0. The molecule has 4 rings (SSSR count). The van der Waals surface area contributed by atoms with Crippen molar-refractivity contribution in [2.45, 2.75) is 6.67 Å². The maximum absolute atomic E-state index is 5.37. The van der Waals surface area contributed by atoms with Gasteiger partial charge in [0.1, 0.15) is 5.52 Å². The summed E-state index contributed by atoms with van der Waals surface area (Å²) in [5.41, 5.74) is 2.82. The lowest BCUT2D eigenvalue weighted by Gasteiger charge is -2.26. The van der Waals surface area contributed by atoms with E-state index >= 15 is 0 Å². The second kappa shape index (κ2) is 4.81. The van der Waals surface area contributed by atoms with Gasteiger partial charge in [0, 0.05) is 24.7 Å². The Labute approximate surface area is 116 Å². The van der Waals surface area contributed by atoms with Crippen LogP contribution < -0.4 is 0 Å². The number of hydrogen-bond donors (Lipinski definition) is 0. The van der Waals surface area contributed by atoms with Crippen LogP contribution >= 0.6 is 0 Å². The Hall–Kier alpha value is -2.05. The Kier molecular flexibility index (Phi) is 2.82. The Morgan fingerprint density at radius 1 is 1.10 bits per heavy atom. The first kappa shape index (κ1) is 11.7. The summed E-state index contributed by atoms with van der Waals surface area (Å²) in [6.07, 6.45) is 1.79. The third-order valence-electron chi connectivity index (χ3n) is 3.70. The quantitative estimate of drug-likeness (QED) is 0.701. The van der Waals surface area contributed by atoms with Gasteiger partial charge in [-0.2, -0.15) is 0 Å². The number of benzene rings is 1. The number of aromatic nitrogens is 4. The highest BCUT2D eigenvalue weighted by atomic mass is 16.5. The van der Waals surface area contributed by atoms with Crippen LogP contribution in [0, 0.1) is 0 Å². The van der Waals surface area contributed by atoms with E-state index in [1.807, 2.05) is 16.8 Å². The molecule has 0 bridgehead atoms. The van der Waals surface area contributed by atoms with Crippen LogP contribution in [0.15, 0.2) is 30.5 Å². The van der Waals surface area contributed by atoms with Crippen molar-refractivity contribution in [2.24, 2.45) is 0 Å². The Bertz CT molecular complexity index is 747. The lowest BCUT2D eigenvalue weighted by molar-refractivity contribution is 0.0218. The zero-order valence-electron chi connectivity index (χ0n) is 11.1. The molecule has 6 nitrogen and oxygen atoms in total. The molecule has 0 spiro atoms. The van der Waals surface area contributed by atoms with Crippen molar-refractivity contribution in [2.75, 3.05) is 26.3 Å². The van der Waals surface area contributed by atoms with Crippen LogP contribution in [0.2, 0.25) is 0 Å². The Morgan fingerprint density at radius 3 is 2.90 bits per heavy atom. The molecule has 2 aromatic heterocycles. The molecule has 1 aliphatic heterocycles. The molecule has 0 N–H and O–H groups in total. The summed E-state index contributed by atoms with van der Waals surface area (Å²) >= 11 is 0. The third kappa shape index (κ3) is 1.93. The van der Waals surface area contributed by atoms with Crippen molar-refractivity contribution >= 4 is 21.9 Å². The molecule has 0 radical (unpaired) electrons. The Morgan fingerprint density at radius 2 is 2.00 bits per heavy atom. The van der Waals surface area contributed by atoms with Crippen LogP contribution in [-0.2, 0) is 11.4 Å². The van der Waals surface area contributed by atoms with Gasteiger partial charge in [0.05, 0.1) is 30.9 Å². The molecule has 1 fully saturated rings. The van der Waals surface area contributed by atoms with Gasteiger partial charge in [-0.25, -0.2) is 4.68 Å². The van der Waals surface area contributed by atoms with Gasteiger partial charge in [0.2, 0.25) is 0 Å². The molecule has 6 heteroatoms. The topological polar surface area (TPSA) is 56.1 Å². The Balaban J connectivity index is 1.75. The molecule has 1 aliphatic rings. The average molecular weight is 269 g/mol. The van der Waals surface area contributed by atoms with Gasteiger partial charge in [0.25, 0.3) is 0 Å². The minimum absolute atomic E-state index is 0.748. The normalized spacial score (nSPS) is 17.0. The molecular weight excluding hydrogens is 254 g/mol. The van der Waals surface area contributed by atoms with E-state index in [1.165, 1.54) is 0 Å². The van der Waals surface area contributed by atoms with E-state index < -0.39 is 0 Å². The van der Waals surface area contributed by atoms with Gasteiger partial charge in [-0.05, 0) is 12.1 Å². The van der Waals surface area contributed by atoms with Gasteiger partial charge in [-0.3, -0.25) is 9.88 Å². The van der Waals surface area contributed by atoms with Crippen molar-refractivity contribution in [1.82, 2.24) is 24.9 Å².